The van der Waals surface area contributed by atoms with E-state index in [4.69, 9.17) is 26.2 Å². The third-order valence-corrected chi connectivity index (χ3v) is 8.63. The number of amides is 5. The van der Waals surface area contributed by atoms with Crippen LogP contribution in [0.25, 0.3) is 11.1 Å². The Morgan fingerprint density at radius 2 is 1.57 bits per heavy atom. The average Bonchev–Trinajstić information content (AvgIpc) is 3.13. The first kappa shape index (κ1) is 39.8. The Morgan fingerprint density at radius 3 is 2.21 bits per heavy atom. The van der Waals surface area contributed by atoms with Crippen LogP contribution in [0.2, 0.25) is 0 Å². The molecule has 0 fully saturated rings. The lowest BCUT2D eigenvalue weighted by Gasteiger charge is -2.30. The Balaban J connectivity index is 1.83. The average molecular weight is 727 g/mol. The molecule has 53 heavy (non-hydrogen) atoms. The van der Waals surface area contributed by atoms with Crippen LogP contribution in [0.1, 0.15) is 45.6 Å². The molecule has 2 unspecified atom stereocenters. The fourth-order valence-corrected chi connectivity index (χ4v) is 5.92. The molecule has 15 nitrogen and oxygen atoms in total. The van der Waals surface area contributed by atoms with E-state index in [1.807, 2.05) is 19.1 Å². The number of ether oxygens (including phenoxy) is 2. The van der Waals surface area contributed by atoms with E-state index >= 15 is 0 Å². The largest absolute Gasteiger partial charge is 0.492 e. The van der Waals surface area contributed by atoms with E-state index in [1.54, 1.807) is 55.5 Å². The fourth-order valence-electron chi connectivity index (χ4n) is 5.92. The summed E-state index contributed by atoms with van der Waals surface area (Å²) < 4.78 is 12.1. The number of nitrogens with one attached hydrogen (secondary N) is 4. The van der Waals surface area contributed by atoms with Gasteiger partial charge in [-0.15, -0.1) is 0 Å². The quantitative estimate of drug-likeness (QED) is 0.144. The van der Waals surface area contributed by atoms with Crippen LogP contribution in [0, 0.1) is 25.2 Å². The molecule has 1 aliphatic rings. The Morgan fingerprint density at radius 1 is 0.906 bits per heavy atom. The molecule has 1 aliphatic heterocycles. The van der Waals surface area contributed by atoms with Crippen molar-refractivity contribution in [2.75, 3.05) is 46.4 Å². The summed E-state index contributed by atoms with van der Waals surface area (Å²) in [6, 6.07) is 13.8. The summed E-state index contributed by atoms with van der Waals surface area (Å²) in [5, 5.41) is 19.6. The summed E-state index contributed by atoms with van der Waals surface area (Å²) in [4.78, 5) is 68.7. The molecule has 8 N–H and O–H groups in total. The van der Waals surface area contributed by atoms with Crippen molar-refractivity contribution in [3.05, 3.63) is 82.4 Å². The van der Waals surface area contributed by atoms with Crippen molar-refractivity contribution in [3.63, 3.8) is 0 Å². The van der Waals surface area contributed by atoms with E-state index in [1.165, 1.54) is 18.9 Å². The van der Waals surface area contributed by atoms with Crippen LogP contribution in [-0.2, 0) is 25.6 Å². The molecule has 3 aromatic rings. The van der Waals surface area contributed by atoms with Gasteiger partial charge in [0.25, 0.3) is 5.91 Å². The third kappa shape index (κ3) is 10.1. The highest BCUT2D eigenvalue weighted by Gasteiger charge is 2.33. The molecule has 0 saturated carbocycles. The van der Waals surface area contributed by atoms with Crippen LogP contribution in [-0.4, -0.2) is 93.0 Å². The number of hydrogen-bond donors (Lipinski definition) is 6. The molecule has 0 saturated heterocycles. The van der Waals surface area contributed by atoms with Gasteiger partial charge < -0.3 is 47.1 Å². The number of hydrogen-bond acceptors (Lipinski definition) is 10. The lowest BCUT2D eigenvalue weighted by atomic mass is 9.93. The van der Waals surface area contributed by atoms with Crippen molar-refractivity contribution >= 4 is 29.5 Å². The van der Waals surface area contributed by atoms with Crippen molar-refractivity contribution in [1.29, 1.82) is 5.26 Å². The highest BCUT2D eigenvalue weighted by Crippen LogP contribution is 2.40. The first-order valence-electron chi connectivity index (χ1n) is 17.2. The second-order valence-corrected chi connectivity index (χ2v) is 12.6. The molecule has 0 aromatic heterocycles. The lowest BCUT2D eigenvalue weighted by molar-refractivity contribution is -0.139. The first-order chi connectivity index (χ1) is 25.4. The molecule has 15 heteroatoms. The van der Waals surface area contributed by atoms with Crippen molar-refractivity contribution in [1.82, 2.24) is 26.2 Å². The van der Waals surface area contributed by atoms with Crippen LogP contribution < -0.4 is 42.2 Å². The number of benzene rings is 3. The van der Waals surface area contributed by atoms with E-state index in [2.05, 4.69) is 21.3 Å². The number of likely N-dealkylation sites (N-methyl/N-ethyl adjacent to an activating group) is 1. The van der Waals surface area contributed by atoms with Gasteiger partial charge in [-0.25, -0.2) is 0 Å². The first-order valence-corrected chi connectivity index (χ1v) is 17.2. The van der Waals surface area contributed by atoms with Crippen LogP contribution in [0.4, 0.5) is 0 Å². The molecule has 0 spiro atoms. The molecule has 3 atom stereocenters. The smallest absolute Gasteiger partial charge is 0.251 e. The molecule has 4 bridgehead atoms. The molecule has 0 radical (unpaired) electrons. The number of carbonyl (C=O) groups excluding carboxylic acids is 5. The van der Waals surface area contributed by atoms with Gasteiger partial charge in [-0.2, -0.15) is 5.26 Å². The second kappa shape index (κ2) is 18.5. The second-order valence-electron chi connectivity index (χ2n) is 12.6. The zero-order chi connectivity index (χ0) is 38.7. The van der Waals surface area contributed by atoms with Crippen molar-refractivity contribution in [3.8, 4) is 28.7 Å². The molecule has 1 heterocycles. The highest BCUT2D eigenvalue weighted by atomic mass is 16.5. The Labute approximate surface area is 308 Å². The third-order valence-electron chi connectivity index (χ3n) is 8.63. The van der Waals surface area contributed by atoms with Gasteiger partial charge in [0.05, 0.1) is 12.6 Å². The molecule has 3 aromatic carbocycles. The zero-order valence-electron chi connectivity index (χ0n) is 30.3. The minimum absolute atomic E-state index is 0.0280. The predicted molar refractivity (Wildman–Crippen MR) is 197 cm³/mol. The molecule has 280 valence electrons. The van der Waals surface area contributed by atoms with Gasteiger partial charge in [0, 0.05) is 43.2 Å². The SMILES string of the molecule is Cc1ccc(C(=O)NCC(=O)N(C)C2C(=O)N[C@@H](C)C(=O)NC(C(=O)NCC#N)Cc3ccc(OCCN)c(c3)-c3cc2ccc3OCCN)c(C)c1. The van der Waals surface area contributed by atoms with Gasteiger partial charge in [0.2, 0.25) is 23.6 Å². The number of rotatable bonds is 12. The van der Waals surface area contributed by atoms with Gasteiger partial charge in [-0.3, -0.25) is 24.0 Å². The topological polar surface area (TPSA) is 231 Å². The normalized spacial score (nSPS) is 16.9. The van der Waals surface area contributed by atoms with Gasteiger partial charge in [0.1, 0.15) is 49.4 Å². The summed E-state index contributed by atoms with van der Waals surface area (Å²) in [6.45, 7) is 5.23. The summed E-state index contributed by atoms with van der Waals surface area (Å²) in [7, 11) is 1.42. The molecular formula is C38H46N8O7. The van der Waals surface area contributed by atoms with Gasteiger partial charge in [0.15, 0.2) is 0 Å². The van der Waals surface area contributed by atoms with Crippen molar-refractivity contribution in [2.24, 2.45) is 11.5 Å². The van der Waals surface area contributed by atoms with Crippen LogP contribution in [0.3, 0.4) is 0 Å². The Bertz CT molecular complexity index is 1890. The van der Waals surface area contributed by atoms with Gasteiger partial charge in [-0.05, 0) is 67.8 Å². The zero-order valence-corrected chi connectivity index (χ0v) is 30.3. The summed E-state index contributed by atoms with van der Waals surface area (Å²) in [5.41, 5.74) is 15.7. The molecule has 0 aliphatic carbocycles. The number of nitrogens with two attached hydrogens (primary N) is 2. The minimum Gasteiger partial charge on any atom is -0.492 e. The standard InChI is InChI=1S/C38H46N8O7/c1-22-5-8-27(23(2)17-22)36(49)43-21-33(47)46(4)34-26-7-10-32(53-16-13-41)29(20-26)28-18-25(6-9-31(28)52-15-12-40)19-30(37(50)42-14-11-39)45-35(48)24(3)44-38(34)51/h5-10,17-18,20,24,30,34H,12-16,19,21,40-41H2,1-4H3,(H,42,50)(H,43,49)(H,44,51)(H,45,48)/t24-,30?,34?/m0/s1. The highest BCUT2D eigenvalue weighted by molar-refractivity contribution is 5.99. The number of aryl methyl sites for hydroxylation is 2. The molecule has 5 amide bonds. The van der Waals surface area contributed by atoms with E-state index in [-0.39, 0.29) is 39.3 Å². The van der Waals surface area contributed by atoms with Crippen LogP contribution in [0.15, 0.2) is 54.6 Å². The van der Waals surface area contributed by atoms with Crippen LogP contribution in [0.5, 0.6) is 11.5 Å². The number of fused-ring (bicyclic) bond motifs is 5. The van der Waals surface area contributed by atoms with Crippen LogP contribution >= 0.6 is 0 Å². The van der Waals surface area contributed by atoms with E-state index in [9.17, 15) is 24.0 Å². The maximum absolute atomic E-state index is 14.2. The summed E-state index contributed by atoms with van der Waals surface area (Å²) in [5.74, 6) is -2.20. The van der Waals surface area contributed by atoms with E-state index < -0.39 is 54.2 Å². The molecular weight excluding hydrogens is 680 g/mol. The summed E-state index contributed by atoms with van der Waals surface area (Å²) in [6.07, 6.45) is 0.0280. The van der Waals surface area contributed by atoms with E-state index in [0.29, 0.717) is 39.3 Å². The Hall–Kier alpha value is -5.98. The van der Waals surface area contributed by atoms with Gasteiger partial charge in [-0.1, -0.05) is 29.8 Å². The maximum Gasteiger partial charge on any atom is 0.251 e. The van der Waals surface area contributed by atoms with E-state index in [0.717, 1.165) is 11.1 Å². The minimum atomic E-state index is -1.30. The number of carbonyl (C=O) groups is 5. The van der Waals surface area contributed by atoms with Crippen molar-refractivity contribution < 1.29 is 33.4 Å². The number of nitriles is 1. The van der Waals surface area contributed by atoms with Crippen molar-refractivity contribution in [2.45, 2.75) is 45.3 Å². The fraction of sp³-hybridized carbons (Fsp3) is 0.368. The lowest BCUT2D eigenvalue weighted by Crippen LogP contribution is -2.55. The predicted octanol–water partition coefficient (Wildman–Crippen LogP) is 0.760. The molecule has 4 rings (SSSR count). The maximum atomic E-state index is 14.2. The Kier molecular flexibility index (Phi) is 13.9. The number of nitrogens with zero attached hydrogens (tertiary/aromatic N) is 2. The summed E-state index contributed by atoms with van der Waals surface area (Å²) >= 11 is 0. The van der Waals surface area contributed by atoms with Gasteiger partial charge >= 0.3 is 0 Å². The monoisotopic (exact) mass is 726 g/mol.